The van der Waals surface area contributed by atoms with Crippen molar-refractivity contribution in [2.75, 3.05) is 5.43 Å². The first-order valence-corrected chi connectivity index (χ1v) is 7.59. The van der Waals surface area contributed by atoms with Gasteiger partial charge in [0.2, 0.25) is 10.0 Å². The maximum atomic E-state index is 12.1. The van der Waals surface area contributed by atoms with E-state index >= 15 is 0 Å². The lowest BCUT2D eigenvalue weighted by atomic mass is 10.1. The predicted octanol–water partition coefficient (Wildman–Crippen LogP) is 1.32. The van der Waals surface area contributed by atoms with Gasteiger partial charge in [-0.25, -0.2) is 13.1 Å². The zero-order valence-electron chi connectivity index (χ0n) is 11.1. The molecule has 2 aromatic carbocycles. The second-order valence-electron chi connectivity index (χ2n) is 4.30. The van der Waals surface area contributed by atoms with E-state index in [0.717, 1.165) is 5.56 Å². The van der Waals surface area contributed by atoms with Gasteiger partial charge in [0.1, 0.15) is 0 Å². The number of nitrogens with zero attached hydrogens (tertiary/aromatic N) is 1. The third-order valence-electron chi connectivity index (χ3n) is 2.88. The molecule has 2 rings (SSSR count). The summed E-state index contributed by atoms with van der Waals surface area (Å²) in [6.07, 6.45) is 0. The molecule has 0 bridgehead atoms. The number of rotatable bonds is 5. The van der Waals surface area contributed by atoms with Crippen LogP contribution in [0.15, 0.2) is 53.4 Å². The highest BCUT2D eigenvalue weighted by molar-refractivity contribution is 7.89. The molecule has 0 aromatic heterocycles. The molecule has 0 radical (unpaired) electrons. The van der Waals surface area contributed by atoms with Crippen molar-refractivity contribution in [1.82, 2.24) is 4.72 Å². The molecule has 6 nitrogen and oxygen atoms in total. The molecule has 0 saturated carbocycles. The van der Waals surface area contributed by atoms with Crippen LogP contribution in [0.3, 0.4) is 0 Å². The van der Waals surface area contributed by atoms with E-state index in [4.69, 9.17) is 11.1 Å². The Bertz CT molecular complexity index is 747. The summed E-state index contributed by atoms with van der Waals surface area (Å²) in [6, 6.07) is 14.8. The van der Waals surface area contributed by atoms with Crippen molar-refractivity contribution in [1.29, 1.82) is 5.26 Å². The first kappa shape index (κ1) is 15.0. The highest BCUT2D eigenvalue weighted by atomic mass is 32.2. The molecule has 0 amide bonds. The van der Waals surface area contributed by atoms with Gasteiger partial charge >= 0.3 is 0 Å². The first-order valence-electron chi connectivity index (χ1n) is 6.10. The van der Waals surface area contributed by atoms with E-state index < -0.39 is 10.0 Å². The molecular weight excluding hydrogens is 288 g/mol. The Hall–Kier alpha value is -2.40. The Kier molecular flexibility index (Phi) is 4.55. The topological polar surface area (TPSA) is 108 Å². The molecule has 0 aliphatic carbocycles. The number of sulfonamides is 1. The SMILES string of the molecule is N#Cc1ccc(CNS(=O)(=O)c2ccc(NN)cc2)cc1. The van der Waals surface area contributed by atoms with Crippen LogP contribution in [0.2, 0.25) is 0 Å². The average Bonchev–Trinajstić information content (AvgIpc) is 2.53. The Morgan fingerprint density at radius 2 is 1.67 bits per heavy atom. The lowest BCUT2D eigenvalue weighted by Crippen LogP contribution is -2.23. The number of anilines is 1. The average molecular weight is 302 g/mol. The summed E-state index contributed by atoms with van der Waals surface area (Å²) in [6.45, 7) is 0.158. The standard InChI is InChI=1S/C14H14N4O2S/c15-9-11-1-3-12(4-2-11)10-17-21(19,20)14-7-5-13(18-16)6-8-14/h1-8,17-18H,10,16H2. The second kappa shape index (κ2) is 6.37. The van der Waals surface area contributed by atoms with Gasteiger partial charge in [0.05, 0.1) is 16.5 Å². The second-order valence-corrected chi connectivity index (χ2v) is 6.07. The number of nitrogen functional groups attached to an aromatic ring is 1. The number of benzene rings is 2. The third kappa shape index (κ3) is 3.79. The Morgan fingerprint density at radius 3 is 2.19 bits per heavy atom. The van der Waals surface area contributed by atoms with E-state index in [1.165, 1.54) is 12.1 Å². The normalized spacial score (nSPS) is 10.9. The van der Waals surface area contributed by atoms with Crippen molar-refractivity contribution < 1.29 is 8.42 Å². The number of nitrogens with two attached hydrogens (primary N) is 1. The van der Waals surface area contributed by atoms with Crippen molar-refractivity contribution in [2.24, 2.45) is 5.84 Å². The summed E-state index contributed by atoms with van der Waals surface area (Å²) < 4.78 is 26.7. The summed E-state index contributed by atoms with van der Waals surface area (Å²) in [5.74, 6) is 5.23. The van der Waals surface area contributed by atoms with Gasteiger partial charge in [-0.15, -0.1) is 0 Å². The highest BCUT2D eigenvalue weighted by Crippen LogP contribution is 2.13. The molecule has 0 heterocycles. The quantitative estimate of drug-likeness (QED) is 0.570. The number of nitriles is 1. The summed E-state index contributed by atoms with van der Waals surface area (Å²) in [7, 11) is -3.58. The zero-order valence-corrected chi connectivity index (χ0v) is 11.9. The van der Waals surface area contributed by atoms with Gasteiger partial charge in [-0.1, -0.05) is 12.1 Å². The van der Waals surface area contributed by atoms with Crippen molar-refractivity contribution in [3.63, 3.8) is 0 Å². The fourth-order valence-electron chi connectivity index (χ4n) is 1.69. The monoisotopic (exact) mass is 302 g/mol. The predicted molar refractivity (Wildman–Crippen MR) is 79.4 cm³/mol. The number of hydrazine groups is 1. The molecule has 0 spiro atoms. The minimum atomic E-state index is -3.58. The van der Waals surface area contributed by atoms with Crippen LogP contribution in [0, 0.1) is 11.3 Å². The van der Waals surface area contributed by atoms with Crippen LogP contribution in [0.4, 0.5) is 5.69 Å². The maximum Gasteiger partial charge on any atom is 0.240 e. The summed E-state index contributed by atoms with van der Waals surface area (Å²) in [5, 5.41) is 8.70. The largest absolute Gasteiger partial charge is 0.324 e. The Morgan fingerprint density at radius 1 is 1.05 bits per heavy atom. The molecule has 108 valence electrons. The van der Waals surface area contributed by atoms with Gasteiger partial charge < -0.3 is 5.43 Å². The number of hydrogen-bond acceptors (Lipinski definition) is 5. The first-order chi connectivity index (χ1) is 10.0. The molecule has 0 atom stereocenters. The fourth-order valence-corrected chi connectivity index (χ4v) is 2.71. The molecule has 7 heteroatoms. The van der Waals surface area contributed by atoms with Crippen LogP contribution in [0.25, 0.3) is 0 Å². The van der Waals surface area contributed by atoms with Crippen LogP contribution in [-0.2, 0) is 16.6 Å². The Balaban J connectivity index is 2.08. The summed E-state index contributed by atoms with van der Waals surface area (Å²) in [4.78, 5) is 0.162. The van der Waals surface area contributed by atoms with Crippen molar-refractivity contribution in [3.8, 4) is 6.07 Å². The van der Waals surface area contributed by atoms with Crippen LogP contribution >= 0.6 is 0 Å². The van der Waals surface area contributed by atoms with Gasteiger partial charge in [-0.3, -0.25) is 5.84 Å². The van der Waals surface area contributed by atoms with E-state index in [-0.39, 0.29) is 11.4 Å². The molecule has 0 fully saturated rings. The summed E-state index contributed by atoms with van der Waals surface area (Å²) >= 11 is 0. The van der Waals surface area contributed by atoms with E-state index in [2.05, 4.69) is 10.1 Å². The minimum Gasteiger partial charge on any atom is -0.324 e. The molecule has 0 saturated heterocycles. The van der Waals surface area contributed by atoms with E-state index in [1.807, 2.05) is 6.07 Å². The van der Waals surface area contributed by atoms with Crippen LogP contribution < -0.4 is 16.0 Å². The molecule has 21 heavy (non-hydrogen) atoms. The third-order valence-corrected chi connectivity index (χ3v) is 4.30. The van der Waals surface area contributed by atoms with Gasteiger partial charge in [0.15, 0.2) is 0 Å². The van der Waals surface area contributed by atoms with Crippen LogP contribution in [0.1, 0.15) is 11.1 Å². The molecule has 2 aromatic rings. The highest BCUT2D eigenvalue weighted by Gasteiger charge is 2.13. The van der Waals surface area contributed by atoms with E-state index in [0.29, 0.717) is 11.3 Å². The van der Waals surface area contributed by atoms with E-state index in [9.17, 15) is 8.42 Å². The fraction of sp³-hybridized carbons (Fsp3) is 0.0714. The van der Waals surface area contributed by atoms with Crippen molar-refractivity contribution in [2.45, 2.75) is 11.4 Å². The van der Waals surface area contributed by atoms with Gasteiger partial charge in [-0.2, -0.15) is 5.26 Å². The molecule has 0 aliphatic rings. The molecule has 4 N–H and O–H groups in total. The van der Waals surface area contributed by atoms with Crippen LogP contribution in [-0.4, -0.2) is 8.42 Å². The van der Waals surface area contributed by atoms with Crippen molar-refractivity contribution in [3.05, 3.63) is 59.7 Å². The smallest absolute Gasteiger partial charge is 0.240 e. The van der Waals surface area contributed by atoms with Crippen LogP contribution in [0.5, 0.6) is 0 Å². The molecule has 0 unspecified atom stereocenters. The van der Waals surface area contributed by atoms with Gasteiger partial charge in [0, 0.05) is 12.2 Å². The van der Waals surface area contributed by atoms with Gasteiger partial charge in [-0.05, 0) is 42.0 Å². The number of nitrogens with one attached hydrogen (secondary N) is 2. The lowest BCUT2D eigenvalue weighted by molar-refractivity contribution is 0.581. The maximum absolute atomic E-state index is 12.1. The van der Waals surface area contributed by atoms with Crippen molar-refractivity contribution >= 4 is 15.7 Å². The summed E-state index contributed by atoms with van der Waals surface area (Å²) in [5.41, 5.74) is 4.37. The Labute approximate surface area is 123 Å². The number of hydrogen-bond donors (Lipinski definition) is 3. The lowest BCUT2D eigenvalue weighted by Gasteiger charge is -2.08. The van der Waals surface area contributed by atoms with Gasteiger partial charge in [0.25, 0.3) is 0 Å². The zero-order chi connectivity index (χ0) is 15.3. The molecular formula is C14H14N4O2S. The molecule has 0 aliphatic heterocycles. The minimum absolute atomic E-state index is 0.158. The van der Waals surface area contributed by atoms with E-state index in [1.54, 1.807) is 36.4 Å².